The van der Waals surface area contributed by atoms with E-state index in [1.165, 1.54) is 10.6 Å². The van der Waals surface area contributed by atoms with Gasteiger partial charge >= 0.3 is 0 Å². The van der Waals surface area contributed by atoms with Crippen molar-refractivity contribution in [2.24, 2.45) is 0 Å². The highest BCUT2D eigenvalue weighted by atomic mass is 32.2. The van der Waals surface area contributed by atoms with Crippen molar-refractivity contribution in [1.29, 1.82) is 0 Å². The predicted molar refractivity (Wildman–Crippen MR) is 111 cm³/mol. The molecule has 7 nitrogen and oxygen atoms in total. The number of hydrogen-bond donors (Lipinski definition) is 1. The summed E-state index contributed by atoms with van der Waals surface area (Å²) in [6.07, 6.45) is 4.73. The molecule has 1 fully saturated rings. The summed E-state index contributed by atoms with van der Waals surface area (Å²) < 4.78 is 27.4. The fourth-order valence-corrected chi connectivity index (χ4v) is 4.74. The molecule has 1 atom stereocenters. The largest absolute Gasteiger partial charge is 0.347 e. The van der Waals surface area contributed by atoms with Crippen LogP contribution >= 0.6 is 0 Å². The van der Waals surface area contributed by atoms with E-state index in [4.69, 9.17) is 0 Å². The van der Waals surface area contributed by atoms with E-state index >= 15 is 0 Å². The van der Waals surface area contributed by atoms with Crippen LogP contribution in [0.1, 0.15) is 40.6 Å². The van der Waals surface area contributed by atoms with Crippen LogP contribution in [0, 0.1) is 0 Å². The summed E-state index contributed by atoms with van der Waals surface area (Å²) in [6.45, 7) is 1.34. The Hall–Kier alpha value is -2.71. The molecular weight excluding hydrogens is 388 g/mol. The first-order chi connectivity index (χ1) is 13.9. The number of carbonyl (C=O) groups is 1. The molecule has 0 unspecified atom stereocenters. The van der Waals surface area contributed by atoms with E-state index in [2.05, 4.69) is 10.3 Å². The first-order valence-corrected chi connectivity index (χ1v) is 11.5. The maximum atomic E-state index is 12.9. The van der Waals surface area contributed by atoms with Crippen LogP contribution in [0.25, 0.3) is 5.52 Å². The normalized spacial score (nSPS) is 18.0. The third kappa shape index (κ3) is 4.18. The van der Waals surface area contributed by atoms with Gasteiger partial charge in [-0.3, -0.25) is 4.79 Å². The number of aromatic nitrogens is 2. The molecule has 3 aromatic rings. The fraction of sp³-hybridized carbons (Fsp3) is 0.333. The van der Waals surface area contributed by atoms with Crippen molar-refractivity contribution in [3.8, 4) is 0 Å². The van der Waals surface area contributed by atoms with Crippen LogP contribution in [0.15, 0.2) is 54.7 Å². The topological polar surface area (TPSA) is 83.8 Å². The molecule has 1 N–H and O–H groups in total. The Morgan fingerprint density at radius 3 is 2.69 bits per heavy atom. The molecule has 1 saturated heterocycles. The van der Waals surface area contributed by atoms with Crippen molar-refractivity contribution in [3.63, 3.8) is 0 Å². The van der Waals surface area contributed by atoms with Gasteiger partial charge in [-0.15, -0.1) is 0 Å². The van der Waals surface area contributed by atoms with Gasteiger partial charge in [0, 0.05) is 31.7 Å². The molecule has 4 rings (SSSR count). The van der Waals surface area contributed by atoms with E-state index in [-0.39, 0.29) is 11.8 Å². The van der Waals surface area contributed by atoms with Gasteiger partial charge in [-0.25, -0.2) is 17.7 Å². The zero-order valence-electron chi connectivity index (χ0n) is 16.3. The summed E-state index contributed by atoms with van der Waals surface area (Å²) in [6, 6.07) is 15.3. The second-order valence-corrected chi connectivity index (χ2v) is 9.39. The number of carbonyl (C=O) groups excluding carboxylic acids is 1. The molecule has 1 amide bonds. The first kappa shape index (κ1) is 19.6. The maximum Gasteiger partial charge on any atom is 0.272 e. The second-order valence-electron chi connectivity index (χ2n) is 7.40. The first-order valence-electron chi connectivity index (χ1n) is 9.67. The number of amides is 1. The standard InChI is InChI=1S/C21H24N4O3S/c1-29(27,28)24-12-7-10-17(15-24)20-23-19(18-11-5-6-13-25(18)20)21(26)22-14-16-8-3-2-4-9-16/h2-6,8-9,11,13,17H,7,10,12,14-15H2,1H3,(H,22,26)/t17-/m0/s1. The quantitative estimate of drug-likeness (QED) is 0.698. The zero-order chi connectivity index (χ0) is 20.4. The molecule has 0 aliphatic carbocycles. The van der Waals surface area contributed by atoms with Gasteiger partial charge < -0.3 is 9.72 Å². The Balaban J connectivity index is 1.62. The van der Waals surface area contributed by atoms with Gasteiger partial charge in [0.05, 0.1) is 11.8 Å². The summed E-state index contributed by atoms with van der Waals surface area (Å²) in [5.74, 6) is 0.447. The number of fused-ring (bicyclic) bond motifs is 1. The predicted octanol–water partition coefficient (Wildman–Crippen LogP) is 2.40. The Morgan fingerprint density at radius 2 is 1.93 bits per heavy atom. The van der Waals surface area contributed by atoms with Gasteiger partial charge in [0.1, 0.15) is 5.82 Å². The highest BCUT2D eigenvalue weighted by Crippen LogP contribution is 2.29. The zero-order valence-corrected chi connectivity index (χ0v) is 17.1. The van der Waals surface area contributed by atoms with Crippen molar-refractivity contribution in [2.45, 2.75) is 25.3 Å². The van der Waals surface area contributed by atoms with Crippen LogP contribution in [0.2, 0.25) is 0 Å². The van der Waals surface area contributed by atoms with Crippen LogP contribution < -0.4 is 5.32 Å². The number of benzene rings is 1. The monoisotopic (exact) mass is 412 g/mol. The van der Waals surface area contributed by atoms with Crippen LogP contribution in [0.3, 0.4) is 0 Å². The lowest BCUT2D eigenvalue weighted by Crippen LogP contribution is -2.38. The maximum absolute atomic E-state index is 12.9. The minimum atomic E-state index is -3.25. The minimum Gasteiger partial charge on any atom is -0.347 e. The Morgan fingerprint density at radius 1 is 1.17 bits per heavy atom. The van der Waals surface area contributed by atoms with Gasteiger partial charge in [-0.2, -0.15) is 0 Å². The molecule has 2 aromatic heterocycles. The molecule has 0 spiro atoms. The molecule has 0 radical (unpaired) electrons. The van der Waals surface area contributed by atoms with Crippen molar-refractivity contribution in [2.75, 3.05) is 19.3 Å². The SMILES string of the molecule is CS(=O)(=O)N1CCC[C@H](c2nc(C(=O)NCc3ccccc3)c3ccccn23)C1. The second kappa shape index (κ2) is 7.96. The molecule has 0 saturated carbocycles. The molecule has 29 heavy (non-hydrogen) atoms. The number of nitrogens with one attached hydrogen (secondary N) is 1. The van der Waals surface area contributed by atoms with E-state index in [0.717, 1.165) is 29.7 Å². The number of rotatable bonds is 5. The van der Waals surface area contributed by atoms with E-state index in [9.17, 15) is 13.2 Å². The number of pyridine rings is 1. The van der Waals surface area contributed by atoms with E-state index in [1.807, 2.05) is 59.1 Å². The molecule has 3 heterocycles. The number of piperidine rings is 1. The molecule has 8 heteroatoms. The molecule has 1 aliphatic rings. The van der Waals surface area contributed by atoms with Crippen LogP contribution in [-0.2, 0) is 16.6 Å². The Kier molecular flexibility index (Phi) is 5.38. The number of nitrogens with zero attached hydrogens (tertiary/aromatic N) is 3. The number of imidazole rings is 1. The summed E-state index contributed by atoms with van der Waals surface area (Å²) in [4.78, 5) is 17.5. The third-order valence-corrected chi connectivity index (χ3v) is 6.57. The average molecular weight is 413 g/mol. The summed E-state index contributed by atoms with van der Waals surface area (Å²) >= 11 is 0. The lowest BCUT2D eigenvalue weighted by atomic mass is 9.99. The van der Waals surface area contributed by atoms with Crippen molar-refractivity contribution in [1.82, 2.24) is 19.0 Å². The summed E-state index contributed by atoms with van der Waals surface area (Å²) in [5.41, 5.74) is 2.11. The van der Waals surface area contributed by atoms with E-state index < -0.39 is 10.0 Å². The highest BCUT2D eigenvalue weighted by Gasteiger charge is 2.30. The van der Waals surface area contributed by atoms with E-state index in [0.29, 0.717) is 25.3 Å². The molecule has 152 valence electrons. The van der Waals surface area contributed by atoms with Crippen LogP contribution in [-0.4, -0.2) is 47.4 Å². The van der Waals surface area contributed by atoms with Crippen molar-refractivity contribution < 1.29 is 13.2 Å². The van der Waals surface area contributed by atoms with Gasteiger partial charge in [0.15, 0.2) is 5.69 Å². The van der Waals surface area contributed by atoms with Crippen LogP contribution in [0.4, 0.5) is 0 Å². The van der Waals surface area contributed by atoms with Gasteiger partial charge in [-0.1, -0.05) is 36.4 Å². The van der Waals surface area contributed by atoms with Crippen molar-refractivity contribution >= 4 is 21.4 Å². The van der Waals surface area contributed by atoms with Gasteiger partial charge in [-0.05, 0) is 30.5 Å². The smallest absolute Gasteiger partial charge is 0.272 e. The molecular formula is C21H24N4O3S. The number of hydrogen-bond acceptors (Lipinski definition) is 4. The summed E-state index contributed by atoms with van der Waals surface area (Å²) in [7, 11) is -3.25. The minimum absolute atomic E-state index is 0.0518. The average Bonchev–Trinajstić information content (AvgIpc) is 3.12. The van der Waals surface area contributed by atoms with Crippen molar-refractivity contribution in [3.05, 3.63) is 71.8 Å². The fourth-order valence-electron chi connectivity index (χ4n) is 3.83. The Bertz CT molecular complexity index is 1130. The number of sulfonamides is 1. The summed E-state index contributed by atoms with van der Waals surface area (Å²) in [5, 5.41) is 2.94. The molecule has 0 bridgehead atoms. The third-order valence-electron chi connectivity index (χ3n) is 5.30. The van der Waals surface area contributed by atoms with Gasteiger partial charge in [0.2, 0.25) is 10.0 Å². The Labute approximate surface area is 170 Å². The lowest BCUT2D eigenvalue weighted by molar-refractivity contribution is 0.0948. The van der Waals surface area contributed by atoms with Gasteiger partial charge in [0.25, 0.3) is 5.91 Å². The van der Waals surface area contributed by atoms with Crippen LogP contribution in [0.5, 0.6) is 0 Å². The molecule has 1 aliphatic heterocycles. The lowest BCUT2D eigenvalue weighted by Gasteiger charge is -2.30. The van der Waals surface area contributed by atoms with E-state index in [1.54, 1.807) is 0 Å². The highest BCUT2D eigenvalue weighted by molar-refractivity contribution is 7.88. The molecule has 1 aromatic carbocycles.